The Balaban J connectivity index is 0.00000312. The van der Waals surface area contributed by atoms with Crippen molar-refractivity contribution in [3.63, 3.8) is 0 Å². The quantitative estimate of drug-likeness (QED) is 0.795. The molecule has 0 radical (unpaired) electrons. The summed E-state index contributed by atoms with van der Waals surface area (Å²) in [6.07, 6.45) is 1.05. The van der Waals surface area contributed by atoms with Gasteiger partial charge in [0.2, 0.25) is 5.91 Å². The van der Waals surface area contributed by atoms with Crippen LogP contribution in [-0.4, -0.2) is 49.0 Å². The summed E-state index contributed by atoms with van der Waals surface area (Å²) in [6.45, 7) is 5.73. The number of rotatable bonds is 6. The van der Waals surface area contributed by atoms with Crippen molar-refractivity contribution < 1.29 is 14.3 Å². The van der Waals surface area contributed by atoms with Crippen LogP contribution in [0, 0.1) is 12.8 Å². The fourth-order valence-corrected chi connectivity index (χ4v) is 2.93. The number of nitrogens with zero attached hydrogens (tertiary/aromatic N) is 1. The summed E-state index contributed by atoms with van der Waals surface area (Å²) in [6, 6.07) is 7.63. The number of hydrogen-bond acceptors (Lipinski definition) is 4. The molecule has 2 amide bonds. The van der Waals surface area contributed by atoms with Crippen LogP contribution in [0.15, 0.2) is 24.3 Å². The minimum atomic E-state index is -0.572. The molecule has 2 atom stereocenters. The fraction of sp³-hybridized carbons (Fsp3) is 0.556. The van der Waals surface area contributed by atoms with Crippen molar-refractivity contribution in [1.29, 1.82) is 0 Å². The Morgan fingerprint density at radius 2 is 2.20 bits per heavy atom. The Bertz CT molecular complexity index is 582. The van der Waals surface area contributed by atoms with E-state index in [2.05, 4.69) is 5.32 Å². The molecule has 1 aliphatic rings. The summed E-state index contributed by atoms with van der Waals surface area (Å²) < 4.78 is 5.76. The first kappa shape index (κ1) is 21.3. The summed E-state index contributed by atoms with van der Waals surface area (Å²) in [5.74, 6) is 0.420. The van der Waals surface area contributed by atoms with E-state index in [-0.39, 0.29) is 30.1 Å². The van der Waals surface area contributed by atoms with Crippen LogP contribution in [0.1, 0.15) is 25.3 Å². The summed E-state index contributed by atoms with van der Waals surface area (Å²) in [7, 11) is 0. The van der Waals surface area contributed by atoms with Gasteiger partial charge < -0.3 is 20.7 Å². The summed E-state index contributed by atoms with van der Waals surface area (Å²) in [5, 5.41) is 2.80. The minimum Gasteiger partial charge on any atom is -0.481 e. The van der Waals surface area contributed by atoms with Gasteiger partial charge in [0.1, 0.15) is 5.75 Å². The van der Waals surface area contributed by atoms with Gasteiger partial charge in [0.15, 0.2) is 6.10 Å². The van der Waals surface area contributed by atoms with Crippen molar-refractivity contribution in [3.05, 3.63) is 29.8 Å². The molecule has 2 unspecified atom stereocenters. The molecule has 0 spiro atoms. The van der Waals surface area contributed by atoms with E-state index in [1.165, 1.54) is 0 Å². The highest BCUT2D eigenvalue weighted by Crippen LogP contribution is 2.19. The molecule has 6 nitrogen and oxygen atoms in total. The Hall–Kier alpha value is -1.79. The fourth-order valence-electron chi connectivity index (χ4n) is 2.93. The first-order valence-electron chi connectivity index (χ1n) is 8.51. The molecule has 1 fully saturated rings. The number of nitrogens with two attached hydrogens (primary N) is 1. The Labute approximate surface area is 155 Å². The molecular weight excluding hydrogens is 342 g/mol. The molecule has 1 saturated heterocycles. The third-order valence-electron chi connectivity index (χ3n) is 4.20. The average Bonchev–Trinajstić information content (AvgIpc) is 2.59. The molecule has 0 saturated carbocycles. The van der Waals surface area contributed by atoms with Crippen LogP contribution < -0.4 is 15.8 Å². The number of piperidine rings is 1. The van der Waals surface area contributed by atoms with Gasteiger partial charge in [-0.15, -0.1) is 12.4 Å². The molecule has 0 aromatic heterocycles. The number of likely N-dealkylation sites (tertiary alicyclic amines) is 1. The monoisotopic (exact) mass is 369 g/mol. The molecular formula is C18H28ClN3O3. The minimum absolute atomic E-state index is 0. The lowest BCUT2D eigenvalue weighted by Crippen LogP contribution is -2.49. The Morgan fingerprint density at radius 1 is 1.44 bits per heavy atom. The second-order valence-corrected chi connectivity index (χ2v) is 6.28. The maximum absolute atomic E-state index is 12.6. The van der Waals surface area contributed by atoms with E-state index >= 15 is 0 Å². The molecule has 2 rings (SSSR count). The SMILES string of the molecule is Cc1cccc(OC(C)C(=O)N2CCCC(C(=O)NCCN)C2)c1.Cl. The maximum Gasteiger partial charge on any atom is 0.263 e. The van der Waals surface area contributed by atoms with Crippen molar-refractivity contribution in [2.75, 3.05) is 26.2 Å². The smallest absolute Gasteiger partial charge is 0.263 e. The predicted molar refractivity (Wildman–Crippen MR) is 99.9 cm³/mol. The maximum atomic E-state index is 12.6. The number of carbonyl (C=O) groups excluding carboxylic acids is 2. The lowest BCUT2D eigenvalue weighted by molar-refractivity contribution is -0.141. The number of ether oxygens (including phenoxy) is 1. The van der Waals surface area contributed by atoms with E-state index < -0.39 is 6.10 Å². The zero-order valence-electron chi connectivity index (χ0n) is 14.9. The van der Waals surface area contributed by atoms with Gasteiger partial charge in [0.05, 0.1) is 5.92 Å². The van der Waals surface area contributed by atoms with Gasteiger partial charge in [-0.2, -0.15) is 0 Å². The van der Waals surface area contributed by atoms with Gasteiger partial charge in [-0.3, -0.25) is 9.59 Å². The molecule has 0 bridgehead atoms. The molecule has 7 heteroatoms. The Kier molecular flexibility index (Phi) is 8.72. The summed E-state index contributed by atoms with van der Waals surface area (Å²) in [5.41, 5.74) is 6.49. The van der Waals surface area contributed by atoms with Gasteiger partial charge in [0, 0.05) is 26.2 Å². The first-order chi connectivity index (χ1) is 11.5. The third-order valence-corrected chi connectivity index (χ3v) is 4.20. The van der Waals surface area contributed by atoms with Gasteiger partial charge in [-0.25, -0.2) is 0 Å². The topological polar surface area (TPSA) is 84.7 Å². The molecule has 1 aromatic carbocycles. The van der Waals surface area contributed by atoms with Gasteiger partial charge in [-0.05, 0) is 44.4 Å². The lowest BCUT2D eigenvalue weighted by Gasteiger charge is -2.33. The van der Waals surface area contributed by atoms with E-state index in [4.69, 9.17) is 10.5 Å². The van der Waals surface area contributed by atoms with E-state index in [1.807, 2.05) is 31.2 Å². The molecule has 1 aromatic rings. The number of carbonyl (C=O) groups is 2. The van der Waals surface area contributed by atoms with Gasteiger partial charge in [-0.1, -0.05) is 12.1 Å². The summed E-state index contributed by atoms with van der Waals surface area (Å²) >= 11 is 0. The normalized spacial score (nSPS) is 18.0. The van der Waals surface area contributed by atoms with E-state index in [0.29, 0.717) is 31.9 Å². The second-order valence-electron chi connectivity index (χ2n) is 6.28. The third kappa shape index (κ3) is 6.21. The van der Waals surface area contributed by atoms with Crippen molar-refractivity contribution in [2.24, 2.45) is 11.7 Å². The number of hydrogen-bond donors (Lipinski definition) is 2. The van der Waals surface area contributed by atoms with Gasteiger partial charge >= 0.3 is 0 Å². The van der Waals surface area contributed by atoms with Crippen molar-refractivity contribution in [2.45, 2.75) is 32.8 Å². The van der Waals surface area contributed by atoms with Crippen molar-refractivity contribution in [3.8, 4) is 5.75 Å². The van der Waals surface area contributed by atoms with E-state index in [1.54, 1.807) is 11.8 Å². The zero-order chi connectivity index (χ0) is 17.5. The van der Waals surface area contributed by atoms with Gasteiger partial charge in [0.25, 0.3) is 5.91 Å². The summed E-state index contributed by atoms with van der Waals surface area (Å²) in [4.78, 5) is 26.4. The second kappa shape index (κ2) is 10.3. The predicted octanol–water partition coefficient (Wildman–Crippen LogP) is 1.50. The molecule has 0 aliphatic carbocycles. The van der Waals surface area contributed by atoms with Crippen LogP contribution in [0.25, 0.3) is 0 Å². The highest BCUT2D eigenvalue weighted by Gasteiger charge is 2.30. The zero-order valence-corrected chi connectivity index (χ0v) is 15.7. The van der Waals surface area contributed by atoms with Crippen LogP contribution in [0.2, 0.25) is 0 Å². The van der Waals surface area contributed by atoms with Crippen LogP contribution >= 0.6 is 12.4 Å². The molecule has 25 heavy (non-hydrogen) atoms. The van der Waals surface area contributed by atoms with Crippen LogP contribution in [-0.2, 0) is 9.59 Å². The molecule has 1 heterocycles. The average molecular weight is 370 g/mol. The molecule has 1 aliphatic heterocycles. The van der Waals surface area contributed by atoms with Crippen LogP contribution in [0.4, 0.5) is 0 Å². The highest BCUT2D eigenvalue weighted by atomic mass is 35.5. The van der Waals surface area contributed by atoms with E-state index in [0.717, 1.165) is 18.4 Å². The van der Waals surface area contributed by atoms with Crippen LogP contribution in [0.5, 0.6) is 5.75 Å². The number of halogens is 1. The first-order valence-corrected chi connectivity index (χ1v) is 8.51. The number of aryl methyl sites for hydroxylation is 1. The number of nitrogens with one attached hydrogen (secondary N) is 1. The van der Waals surface area contributed by atoms with Crippen molar-refractivity contribution in [1.82, 2.24) is 10.2 Å². The van der Waals surface area contributed by atoms with Crippen LogP contribution in [0.3, 0.4) is 0 Å². The number of benzene rings is 1. The number of amides is 2. The Morgan fingerprint density at radius 3 is 2.88 bits per heavy atom. The largest absolute Gasteiger partial charge is 0.481 e. The highest BCUT2D eigenvalue weighted by molar-refractivity contribution is 5.85. The molecule has 140 valence electrons. The van der Waals surface area contributed by atoms with Crippen molar-refractivity contribution >= 4 is 24.2 Å². The van der Waals surface area contributed by atoms with E-state index in [9.17, 15) is 9.59 Å². The molecule has 3 N–H and O–H groups in total. The lowest BCUT2D eigenvalue weighted by atomic mass is 9.96. The standard InChI is InChI=1S/C18H27N3O3.ClH/c1-13-5-3-7-16(11-13)24-14(2)18(23)21-10-4-6-15(12-21)17(22)20-9-8-19;/h3,5,7,11,14-15H,4,6,8-10,12,19H2,1-2H3,(H,20,22);1H.